The Labute approximate surface area is 316 Å². The number of aromatic nitrogens is 8. The Morgan fingerprint density at radius 3 is 1.85 bits per heavy atom. The van der Waals surface area contributed by atoms with Crippen LogP contribution in [0.5, 0.6) is 17.5 Å². The molecule has 6 aromatic rings. The van der Waals surface area contributed by atoms with Gasteiger partial charge in [0.2, 0.25) is 11.8 Å². The van der Waals surface area contributed by atoms with E-state index in [1.807, 2.05) is 0 Å². The van der Waals surface area contributed by atoms with E-state index in [2.05, 4.69) is 44.6 Å². The van der Waals surface area contributed by atoms with Crippen LogP contribution in [0.4, 0.5) is 5.69 Å². The number of ether oxygens (including phenoxy) is 3. The summed E-state index contributed by atoms with van der Waals surface area (Å²) in [5, 5.41) is 11.4. The summed E-state index contributed by atoms with van der Waals surface area (Å²) < 4.78 is 221. The topological polar surface area (TPSA) is 180 Å². The zero-order valence-corrected chi connectivity index (χ0v) is 24.4. The molecule has 16 heteroatoms. The molecular formula is C31H33N9O5S2. The van der Waals surface area contributed by atoms with Crippen LogP contribution in [0.1, 0.15) is 70.7 Å². The molecular weight excluding hydrogens is 643 g/mol. The summed E-state index contributed by atoms with van der Waals surface area (Å²) in [5.74, 6) is -1.79. The zero-order chi connectivity index (χ0) is 56.5. The summed E-state index contributed by atoms with van der Waals surface area (Å²) in [4.78, 5) is 38.8. The van der Waals surface area contributed by atoms with Crippen molar-refractivity contribution in [3.8, 4) is 17.5 Å². The number of nitrogens with zero attached hydrogens (tertiary/aromatic N) is 7. The highest BCUT2D eigenvalue weighted by atomic mass is 32.2. The SMILES string of the molecule is [2H]c1nc(C([2H])([2H])Sc2nc3nc(OC([2H])([2H])[2H])ccc3[nH]2)c(C([2H])([2H])[2H])c(OC([2H])([2H])[2H])c1C([2H])([2H])[2H].[2H]c1nc(C([2H])([2H])Sc2nc3nc(OC([2H])([2H])[2H])ccc3[nH]2)c(C([2H])([2H])[2H])c([N+](=O)[O-])c1C([2H])([2H])[2H]. The molecule has 0 amide bonds. The highest BCUT2D eigenvalue weighted by Gasteiger charge is 2.19. The second-order valence-electron chi connectivity index (χ2n) is 8.42. The molecule has 6 aromatic heterocycles. The predicted molar refractivity (Wildman–Crippen MR) is 181 cm³/mol. The summed E-state index contributed by atoms with van der Waals surface area (Å²) >= 11 is 0.497. The maximum atomic E-state index is 11.8. The maximum Gasteiger partial charge on any atom is 0.278 e. The number of H-pyrrole nitrogens is 2. The van der Waals surface area contributed by atoms with E-state index >= 15 is 0 Å². The number of hydrogen-bond donors (Lipinski definition) is 2. The van der Waals surface area contributed by atoms with Gasteiger partial charge in [0.25, 0.3) is 5.69 Å². The molecule has 0 fully saturated rings. The normalized spacial score (nSPS) is 21.9. The van der Waals surface area contributed by atoms with Gasteiger partial charge in [-0.2, -0.15) is 9.97 Å². The Morgan fingerprint density at radius 1 is 0.787 bits per heavy atom. The lowest BCUT2D eigenvalue weighted by Crippen LogP contribution is -2.01. The molecule has 6 rings (SSSR count). The molecule has 47 heavy (non-hydrogen) atoms. The Bertz CT molecular complexity index is 3090. The summed E-state index contributed by atoms with van der Waals surface area (Å²) in [7, 11) is -8.91. The number of hydrogen-bond acceptors (Lipinski definition) is 13. The summed E-state index contributed by atoms with van der Waals surface area (Å²) in [6.07, 6.45) is -2.28. The van der Waals surface area contributed by atoms with Gasteiger partial charge >= 0.3 is 0 Å². The number of pyridine rings is 4. The molecule has 0 saturated carbocycles. The van der Waals surface area contributed by atoms with Gasteiger partial charge in [0.05, 0.1) is 63.5 Å². The molecule has 0 unspecified atom stereocenters. The molecule has 14 nitrogen and oxygen atoms in total. The molecule has 0 atom stereocenters. The summed E-state index contributed by atoms with van der Waals surface area (Å²) in [5.41, 5.74) is -13.6. The Balaban J connectivity index is 0.000000274. The van der Waals surface area contributed by atoms with Crippen molar-refractivity contribution in [2.24, 2.45) is 0 Å². The molecule has 6 heterocycles. The number of fused-ring (bicyclic) bond motifs is 2. The van der Waals surface area contributed by atoms with E-state index in [0.29, 0.717) is 0 Å². The van der Waals surface area contributed by atoms with Crippen LogP contribution < -0.4 is 14.2 Å². The van der Waals surface area contributed by atoms with E-state index in [-0.39, 0.29) is 67.9 Å². The van der Waals surface area contributed by atoms with Crippen LogP contribution in [0.25, 0.3) is 22.3 Å². The van der Waals surface area contributed by atoms with E-state index < -0.39 is 122 Å². The summed E-state index contributed by atoms with van der Waals surface area (Å²) in [6, 6.07) is 5.15. The fraction of sp³-hybridized carbons (Fsp3) is 0.290. The number of methoxy groups -OCH3 is 3. The second kappa shape index (κ2) is 14.6. The third kappa shape index (κ3) is 7.55. The Hall–Kier alpha value is -4.96. The van der Waals surface area contributed by atoms with Crippen LogP contribution in [0, 0.1) is 37.5 Å². The van der Waals surface area contributed by atoms with E-state index in [9.17, 15) is 10.1 Å². The first-order valence-corrected chi connectivity index (χ1v) is 13.8. The van der Waals surface area contributed by atoms with Crippen LogP contribution in [0.3, 0.4) is 0 Å². The fourth-order valence-electron chi connectivity index (χ4n) is 3.45. The average Bonchev–Trinajstić information content (AvgIpc) is 3.74. The lowest BCUT2D eigenvalue weighted by Gasteiger charge is -2.11. The molecule has 0 aliphatic heterocycles. The van der Waals surface area contributed by atoms with Gasteiger partial charge in [0.1, 0.15) is 5.75 Å². The first-order chi connectivity index (χ1) is 33.2. The highest BCUT2D eigenvalue weighted by Crippen LogP contribution is 2.30. The Kier molecular flexibility index (Phi) is 4.13. The van der Waals surface area contributed by atoms with Gasteiger partial charge in [-0.05, 0) is 39.5 Å². The predicted octanol–water partition coefficient (Wildman–Crippen LogP) is 6.46. The van der Waals surface area contributed by atoms with E-state index in [1.54, 1.807) is 0 Å². The molecule has 244 valence electrons. The van der Waals surface area contributed by atoms with Crippen LogP contribution in [-0.4, -0.2) is 65.9 Å². The standard InChI is InChI=1S/C16H18N4O2S.C15H15N5O3S/c1-9-7-17-12(10(2)14(9)22-4)8-23-16-18-11-5-6-13(21-3)19-15(11)20-16;1-8-6-16-11(9(2)13(8)20(21)22)7-24-15-17-10-4-5-12(23-3)18-14(10)19-15/h5-7H,8H2,1-4H3,(H,18,19,20);4-6H,7H2,1-3H3,(H,17,18,19)/i1D3,2D3,3D3,4D3,7D,8D2;1D3,2D3,3D3,6D,7D2. The molecule has 0 bridgehead atoms. The lowest BCUT2D eigenvalue weighted by molar-refractivity contribution is -0.386. The van der Waals surface area contributed by atoms with Gasteiger partial charge < -0.3 is 24.2 Å². The van der Waals surface area contributed by atoms with Gasteiger partial charge in [-0.3, -0.25) is 20.1 Å². The van der Waals surface area contributed by atoms with Crippen molar-refractivity contribution in [3.63, 3.8) is 0 Å². The van der Waals surface area contributed by atoms with Gasteiger partial charge in [-0.1, -0.05) is 23.5 Å². The molecule has 0 aliphatic carbocycles. The van der Waals surface area contributed by atoms with Crippen molar-refractivity contribution in [3.05, 3.63) is 80.4 Å². The van der Waals surface area contributed by atoms with Gasteiger partial charge in [0, 0.05) is 80.1 Å². The molecule has 0 spiro atoms. The number of nitrogens with one attached hydrogen (secondary N) is 2. The van der Waals surface area contributed by atoms with E-state index in [0.717, 1.165) is 0 Å². The Morgan fingerprint density at radius 2 is 1.34 bits per heavy atom. The first-order valence-electron chi connectivity index (χ1n) is 25.6. The molecule has 0 radical (unpaired) electrons. The smallest absolute Gasteiger partial charge is 0.278 e. The van der Waals surface area contributed by atoms with Crippen molar-refractivity contribution in [1.29, 1.82) is 0 Å². The van der Waals surface area contributed by atoms with Crippen molar-refractivity contribution in [2.45, 2.75) is 49.1 Å². The number of thioether (sulfide) groups is 2. The monoisotopic (exact) mass is 702 g/mol. The lowest BCUT2D eigenvalue weighted by atomic mass is 10.1. The molecule has 0 aliphatic rings. The number of nitro groups is 1. The van der Waals surface area contributed by atoms with Crippen molar-refractivity contribution in [2.75, 3.05) is 21.1 Å². The van der Waals surface area contributed by atoms with Crippen LogP contribution in [-0.2, 0) is 11.4 Å². The summed E-state index contributed by atoms with van der Waals surface area (Å²) in [6.45, 7) is -13.2. The quantitative estimate of drug-likeness (QED) is 0.0903. The molecule has 0 aromatic carbocycles. The van der Waals surface area contributed by atoms with E-state index in [4.69, 9.17) is 46.5 Å². The average molecular weight is 703 g/mol. The maximum absolute atomic E-state index is 11.8. The second-order valence-corrected chi connectivity index (χ2v) is 10.0. The van der Waals surface area contributed by atoms with Crippen molar-refractivity contribution in [1.82, 2.24) is 39.9 Å². The van der Waals surface area contributed by atoms with Gasteiger partial charge in [-0.25, -0.2) is 9.97 Å². The number of aromatic amines is 2. The number of imidazole rings is 2. The largest absolute Gasteiger partial charge is 0.496 e. The van der Waals surface area contributed by atoms with Crippen molar-refractivity contribution >= 4 is 51.5 Å². The van der Waals surface area contributed by atoms with E-state index in [1.165, 1.54) is 24.3 Å². The van der Waals surface area contributed by atoms with Crippen LogP contribution in [0.15, 0.2) is 46.9 Å². The minimum atomic E-state index is -3.37. The highest BCUT2D eigenvalue weighted by molar-refractivity contribution is 7.98. The van der Waals surface area contributed by atoms with Crippen LogP contribution >= 0.6 is 23.5 Å². The molecule has 2 N–H and O–H groups in total. The minimum absolute atomic E-state index is 0.0700. The van der Waals surface area contributed by atoms with Gasteiger partial charge in [-0.15, -0.1) is 0 Å². The number of rotatable bonds is 10. The fourth-order valence-corrected chi connectivity index (χ4v) is 4.72. The van der Waals surface area contributed by atoms with Crippen molar-refractivity contribution < 1.29 is 56.1 Å². The van der Waals surface area contributed by atoms with Crippen LogP contribution in [0.2, 0.25) is 0 Å². The first kappa shape index (κ1) is 13.3. The minimum Gasteiger partial charge on any atom is -0.496 e. The molecule has 0 saturated heterocycles. The zero-order valence-electron chi connectivity index (χ0n) is 49.8. The third-order valence-corrected chi connectivity index (χ3v) is 6.90. The third-order valence-electron chi connectivity index (χ3n) is 5.54. The van der Waals surface area contributed by atoms with Gasteiger partial charge in [0.15, 0.2) is 21.6 Å².